The van der Waals surface area contributed by atoms with Gasteiger partial charge in [-0.1, -0.05) is 99.3 Å². The van der Waals surface area contributed by atoms with Crippen molar-refractivity contribution in [2.45, 2.75) is 144 Å². The molecule has 7 unspecified atom stereocenters. The van der Waals surface area contributed by atoms with Crippen LogP contribution >= 0.6 is 0 Å². The van der Waals surface area contributed by atoms with E-state index in [9.17, 15) is 0 Å². The van der Waals surface area contributed by atoms with Gasteiger partial charge >= 0.3 is 0 Å². The van der Waals surface area contributed by atoms with Gasteiger partial charge in [0.25, 0.3) is 0 Å². The monoisotopic (exact) mass is 444 g/mol. The summed E-state index contributed by atoms with van der Waals surface area (Å²) in [5.74, 6) is 10.5. The molecule has 0 heterocycles. The summed E-state index contributed by atoms with van der Waals surface area (Å²) in [7, 11) is 0. The van der Waals surface area contributed by atoms with Crippen LogP contribution < -0.4 is 0 Å². The normalized spacial score (nSPS) is 42.3. The quantitative estimate of drug-likeness (QED) is 0.382. The average Bonchev–Trinajstić information content (AvgIpc) is 3.26. The van der Waals surface area contributed by atoms with E-state index in [0.717, 1.165) is 59.2 Å². The Kier molecular flexibility index (Phi) is 11.0. The molecule has 4 fully saturated rings. The second kappa shape index (κ2) is 13.2. The Morgan fingerprint density at radius 3 is 2.03 bits per heavy atom. The Balaban J connectivity index is 0.000000269. The molecule has 0 N–H and O–H groups in total. The van der Waals surface area contributed by atoms with Gasteiger partial charge in [-0.25, -0.2) is 0 Å². The van der Waals surface area contributed by atoms with Gasteiger partial charge in [-0.2, -0.15) is 0 Å². The lowest BCUT2D eigenvalue weighted by molar-refractivity contribution is -0.00486. The number of hydrogen-bond donors (Lipinski definition) is 0. The molecule has 0 nitrogen and oxygen atoms in total. The highest BCUT2D eigenvalue weighted by Crippen LogP contribution is 2.56. The Morgan fingerprint density at radius 1 is 0.719 bits per heavy atom. The van der Waals surface area contributed by atoms with Crippen LogP contribution in [0.3, 0.4) is 0 Å². The van der Waals surface area contributed by atoms with Gasteiger partial charge in [0.15, 0.2) is 0 Å². The summed E-state index contributed by atoms with van der Waals surface area (Å²) in [6, 6.07) is 0. The van der Waals surface area contributed by atoms with Crippen LogP contribution in [-0.2, 0) is 0 Å². The maximum absolute atomic E-state index is 2.61. The van der Waals surface area contributed by atoms with Crippen LogP contribution in [0.1, 0.15) is 144 Å². The van der Waals surface area contributed by atoms with E-state index in [-0.39, 0.29) is 0 Å². The molecule has 0 heteroatoms. The van der Waals surface area contributed by atoms with E-state index in [1.807, 2.05) is 0 Å². The third-order valence-electron chi connectivity index (χ3n) is 11.1. The molecule has 0 aromatic heterocycles. The number of unbranched alkanes of at least 4 members (excludes halogenated alkanes) is 1. The summed E-state index contributed by atoms with van der Waals surface area (Å²) in [6.45, 7) is 14.6. The fourth-order valence-corrected chi connectivity index (χ4v) is 9.03. The molecule has 4 aliphatic carbocycles. The molecule has 0 spiro atoms. The number of fused-ring (bicyclic) bond motifs is 1. The van der Waals surface area contributed by atoms with Crippen LogP contribution in [0.5, 0.6) is 0 Å². The molecule has 0 aliphatic heterocycles. The molecule has 4 rings (SSSR count). The molecule has 4 aliphatic rings. The highest BCUT2D eigenvalue weighted by Gasteiger charge is 2.47. The molecule has 32 heavy (non-hydrogen) atoms. The number of hydrogen-bond acceptors (Lipinski definition) is 0. The Morgan fingerprint density at radius 2 is 1.44 bits per heavy atom. The molecule has 0 saturated heterocycles. The summed E-state index contributed by atoms with van der Waals surface area (Å²) < 4.78 is 0. The Hall–Kier alpha value is 0. The van der Waals surface area contributed by atoms with Gasteiger partial charge in [0.05, 0.1) is 0 Å². The predicted octanol–water partition coefficient (Wildman–Crippen LogP) is 10.6. The second-order valence-corrected chi connectivity index (χ2v) is 13.3. The van der Waals surface area contributed by atoms with Crippen LogP contribution in [0.25, 0.3) is 0 Å². The lowest BCUT2D eigenvalue weighted by Gasteiger charge is -2.50. The first-order valence-corrected chi connectivity index (χ1v) is 15.5. The average molecular weight is 445 g/mol. The van der Waals surface area contributed by atoms with E-state index in [0.29, 0.717) is 0 Å². The Labute approximate surface area is 203 Å². The zero-order chi connectivity index (χ0) is 23.1. The van der Waals surface area contributed by atoms with Gasteiger partial charge in [-0.3, -0.25) is 0 Å². The summed E-state index contributed by atoms with van der Waals surface area (Å²) in [5, 5.41) is 0. The van der Waals surface area contributed by atoms with E-state index < -0.39 is 0 Å². The van der Waals surface area contributed by atoms with Crippen molar-refractivity contribution in [2.75, 3.05) is 0 Å². The molecule has 0 aromatic carbocycles. The molecule has 4 saturated carbocycles. The molecule has 0 bridgehead atoms. The van der Waals surface area contributed by atoms with Gasteiger partial charge in [0, 0.05) is 0 Å². The van der Waals surface area contributed by atoms with Crippen LogP contribution in [0.15, 0.2) is 0 Å². The van der Waals surface area contributed by atoms with E-state index in [4.69, 9.17) is 0 Å². The van der Waals surface area contributed by atoms with Crippen molar-refractivity contribution in [2.24, 2.45) is 59.2 Å². The molecule has 0 radical (unpaired) electrons. The van der Waals surface area contributed by atoms with Crippen LogP contribution in [0.2, 0.25) is 0 Å². The fraction of sp³-hybridized carbons (Fsp3) is 1.00. The summed E-state index contributed by atoms with van der Waals surface area (Å²) in [5.41, 5.74) is 0. The van der Waals surface area contributed by atoms with Crippen LogP contribution in [0, 0.1) is 59.2 Å². The maximum Gasteiger partial charge on any atom is -0.0324 e. The summed E-state index contributed by atoms with van der Waals surface area (Å²) in [4.78, 5) is 0. The number of rotatable bonds is 6. The minimum atomic E-state index is 0.913. The van der Waals surface area contributed by atoms with Crippen molar-refractivity contribution in [3.05, 3.63) is 0 Å². The maximum atomic E-state index is 2.61. The highest BCUT2D eigenvalue weighted by atomic mass is 14.5. The molecule has 0 aromatic rings. The Bertz CT molecular complexity index is 498. The smallest absolute Gasteiger partial charge is 0.0324 e. The SMILES string of the molecule is CCC1CCCCC1C.CCCCC1C(C)CC2CCCC2C1C1CCC(C(C)C)CC1. The van der Waals surface area contributed by atoms with Crippen molar-refractivity contribution in [1.82, 2.24) is 0 Å². The van der Waals surface area contributed by atoms with E-state index >= 15 is 0 Å². The minimum absolute atomic E-state index is 0.913. The lowest BCUT2D eigenvalue weighted by Crippen LogP contribution is -2.42. The first-order valence-electron chi connectivity index (χ1n) is 15.5. The minimum Gasteiger partial charge on any atom is -0.0654 e. The first kappa shape index (κ1) is 26.6. The van der Waals surface area contributed by atoms with E-state index in [2.05, 4.69) is 41.5 Å². The largest absolute Gasteiger partial charge is 0.0654 e. The van der Waals surface area contributed by atoms with E-state index in [1.165, 1.54) is 64.2 Å². The summed E-state index contributed by atoms with van der Waals surface area (Å²) in [6.07, 6.45) is 24.2. The van der Waals surface area contributed by atoms with Gasteiger partial charge in [0.1, 0.15) is 0 Å². The van der Waals surface area contributed by atoms with Crippen molar-refractivity contribution < 1.29 is 0 Å². The van der Waals surface area contributed by atoms with Gasteiger partial charge in [-0.15, -0.1) is 0 Å². The van der Waals surface area contributed by atoms with Gasteiger partial charge in [-0.05, 0) is 104 Å². The van der Waals surface area contributed by atoms with Crippen molar-refractivity contribution in [3.8, 4) is 0 Å². The van der Waals surface area contributed by atoms with E-state index in [1.54, 1.807) is 38.5 Å². The molecular weight excluding hydrogens is 384 g/mol. The standard InChI is InChI=1S/C23H42.C9H18/c1-5-6-9-21-17(4)15-20-8-7-10-22(20)23(21)19-13-11-18(12-14-19)16(2)3;1-3-9-7-5-4-6-8(9)2/h16-23H,5-15H2,1-4H3;8-9H,3-7H2,1-2H3. The molecular formula is C32H60. The van der Waals surface area contributed by atoms with Crippen LogP contribution in [0.4, 0.5) is 0 Å². The third-order valence-corrected chi connectivity index (χ3v) is 11.1. The van der Waals surface area contributed by atoms with Crippen molar-refractivity contribution in [1.29, 1.82) is 0 Å². The van der Waals surface area contributed by atoms with Crippen molar-refractivity contribution in [3.63, 3.8) is 0 Å². The first-order chi connectivity index (χ1) is 15.5. The molecule has 188 valence electrons. The predicted molar refractivity (Wildman–Crippen MR) is 143 cm³/mol. The fourth-order valence-electron chi connectivity index (χ4n) is 9.03. The van der Waals surface area contributed by atoms with Gasteiger partial charge < -0.3 is 0 Å². The van der Waals surface area contributed by atoms with Gasteiger partial charge in [0.2, 0.25) is 0 Å². The van der Waals surface area contributed by atoms with Crippen LogP contribution in [-0.4, -0.2) is 0 Å². The lowest BCUT2D eigenvalue weighted by atomic mass is 9.56. The zero-order valence-electron chi connectivity index (χ0n) is 23.1. The highest BCUT2D eigenvalue weighted by molar-refractivity contribution is 4.97. The third kappa shape index (κ3) is 6.78. The summed E-state index contributed by atoms with van der Waals surface area (Å²) >= 11 is 0. The zero-order valence-corrected chi connectivity index (χ0v) is 23.1. The van der Waals surface area contributed by atoms with Crippen molar-refractivity contribution >= 4 is 0 Å². The second-order valence-electron chi connectivity index (χ2n) is 13.3. The molecule has 0 amide bonds. The topological polar surface area (TPSA) is 0 Å². The molecule has 7 atom stereocenters.